The molecule has 0 radical (unpaired) electrons. The molecule has 3 rings (SSSR count). The molecule has 0 saturated heterocycles. The first-order valence-corrected chi connectivity index (χ1v) is 7.96. The van der Waals surface area contributed by atoms with Crippen molar-refractivity contribution in [2.24, 2.45) is 5.73 Å². The van der Waals surface area contributed by atoms with Gasteiger partial charge < -0.3 is 5.73 Å². The van der Waals surface area contributed by atoms with Crippen LogP contribution in [-0.2, 0) is 5.54 Å². The monoisotopic (exact) mass is 340 g/mol. The Kier molecular flexibility index (Phi) is 3.45. The lowest BCUT2D eigenvalue weighted by atomic mass is 10.0. The Labute approximate surface area is 124 Å². The average Bonchev–Trinajstić information content (AvgIpc) is 3.02. The van der Waals surface area contributed by atoms with Crippen molar-refractivity contribution >= 4 is 27.3 Å². The molecule has 1 aromatic heterocycles. The highest BCUT2D eigenvalue weighted by molar-refractivity contribution is 9.10. The lowest BCUT2D eigenvalue weighted by Crippen LogP contribution is -2.32. The molecule has 0 spiro atoms. The predicted octanol–water partition coefficient (Wildman–Crippen LogP) is 4.44. The van der Waals surface area contributed by atoms with Gasteiger partial charge in [0.25, 0.3) is 0 Å². The minimum absolute atomic E-state index is 0.252. The van der Waals surface area contributed by atoms with Gasteiger partial charge in [-0.05, 0) is 31.0 Å². The molecule has 2 nitrogen and oxygen atoms in total. The van der Waals surface area contributed by atoms with Crippen LogP contribution in [0.15, 0.2) is 28.1 Å². The van der Waals surface area contributed by atoms with Crippen LogP contribution < -0.4 is 5.73 Å². The molecule has 1 aliphatic carbocycles. The second-order valence-electron chi connectivity index (χ2n) is 5.03. The number of nitrogens with two attached hydrogens (primary N) is 1. The largest absolute Gasteiger partial charge is 0.319 e. The standard InChI is InChI=1S/C14H14BrFN2S/c15-9-3-4-11(16)10(7-9)12-8-19-13(18-12)14(17)5-1-2-6-14/h3-4,7-8H,1-2,5-6,17H2. The molecule has 0 atom stereocenters. The zero-order valence-electron chi connectivity index (χ0n) is 10.3. The smallest absolute Gasteiger partial charge is 0.132 e. The first kappa shape index (κ1) is 13.2. The van der Waals surface area contributed by atoms with Crippen molar-refractivity contribution in [3.05, 3.63) is 38.9 Å². The van der Waals surface area contributed by atoms with Gasteiger partial charge in [-0.1, -0.05) is 28.8 Å². The van der Waals surface area contributed by atoms with E-state index in [2.05, 4.69) is 20.9 Å². The van der Waals surface area contributed by atoms with Crippen LogP contribution in [0.3, 0.4) is 0 Å². The van der Waals surface area contributed by atoms with E-state index in [0.717, 1.165) is 35.2 Å². The quantitative estimate of drug-likeness (QED) is 0.877. The molecule has 100 valence electrons. The molecule has 0 aliphatic heterocycles. The van der Waals surface area contributed by atoms with E-state index in [9.17, 15) is 4.39 Å². The topological polar surface area (TPSA) is 38.9 Å². The van der Waals surface area contributed by atoms with E-state index >= 15 is 0 Å². The van der Waals surface area contributed by atoms with Crippen LogP contribution in [0.4, 0.5) is 4.39 Å². The highest BCUT2D eigenvalue weighted by atomic mass is 79.9. The summed E-state index contributed by atoms with van der Waals surface area (Å²) >= 11 is 4.90. The van der Waals surface area contributed by atoms with Gasteiger partial charge >= 0.3 is 0 Å². The summed E-state index contributed by atoms with van der Waals surface area (Å²) in [5.41, 5.74) is 7.29. The molecule has 0 unspecified atom stereocenters. The maximum atomic E-state index is 13.8. The van der Waals surface area contributed by atoms with E-state index in [1.807, 2.05) is 5.38 Å². The minimum Gasteiger partial charge on any atom is -0.319 e. The Morgan fingerprint density at radius 2 is 2.05 bits per heavy atom. The second-order valence-corrected chi connectivity index (χ2v) is 6.80. The highest BCUT2D eigenvalue weighted by Gasteiger charge is 2.34. The number of nitrogens with zero attached hydrogens (tertiary/aromatic N) is 1. The summed E-state index contributed by atoms with van der Waals surface area (Å²) in [4.78, 5) is 4.57. The van der Waals surface area contributed by atoms with Gasteiger partial charge in [-0.2, -0.15) is 0 Å². The maximum Gasteiger partial charge on any atom is 0.132 e. The van der Waals surface area contributed by atoms with Crippen molar-refractivity contribution in [2.75, 3.05) is 0 Å². The third kappa shape index (κ3) is 2.47. The summed E-state index contributed by atoms with van der Waals surface area (Å²) in [6, 6.07) is 4.89. The Hall–Kier alpha value is -0.780. The number of benzene rings is 1. The maximum absolute atomic E-state index is 13.8. The van der Waals surface area contributed by atoms with E-state index in [0.29, 0.717) is 11.3 Å². The summed E-state index contributed by atoms with van der Waals surface area (Å²) in [5, 5.41) is 2.83. The Balaban J connectivity index is 1.99. The van der Waals surface area contributed by atoms with Gasteiger partial charge in [0, 0.05) is 15.4 Å². The van der Waals surface area contributed by atoms with Crippen LogP contribution in [0.1, 0.15) is 30.7 Å². The fourth-order valence-corrected chi connectivity index (χ4v) is 3.89. The highest BCUT2D eigenvalue weighted by Crippen LogP contribution is 2.39. The number of aromatic nitrogens is 1. The van der Waals surface area contributed by atoms with Crippen molar-refractivity contribution in [3.63, 3.8) is 0 Å². The molecule has 5 heteroatoms. The Morgan fingerprint density at radius 1 is 1.32 bits per heavy atom. The first-order chi connectivity index (χ1) is 9.08. The number of hydrogen-bond donors (Lipinski definition) is 1. The lowest BCUT2D eigenvalue weighted by Gasteiger charge is -2.19. The summed E-state index contributed by atoms with van der Waals surface area (Å²) in [5.74, 6) is -0.252. The second kappa shape index (κ2) is 4.96. The van der Waals surface area contributed by atoms with E-state index in [1.54, 1.807) is 12.1 Å². The molecular formula is C14H14BrFN2S. The van der Waals surface area contributed by atoms with E-state index in [-0.39, 0.29) is 11.4 Å². The molecule has 2 N–H and O–H groups in total. The molecule has 1 saturated carbocycles. The fourth-order valence-electron chi connectivity index (χ4n) is 2.54. The van der Waals surface area contributed by atoms with E-state index in [4.69, 9.17) is 5.73 Å². The Bertz CT molecular complexity index is 605. The van der Waals surface area contributed by atoms with Gasteiger partial charge in [-0.15, -0.1) is 11.3 Å². The molecule has 1 aromatic carbocycles. The fraction of sp³-hybridized carbons (Fsp3) is 0.357. The van der Waals surface area contributed by atoms with Crippen molar-refractivity contribution in [1.29, 1.82) is 0 Å². The van der Waals surface area contributed by atoms with Gasteiger partial charge in [0.2, 0.25) is 0 Å². The van der Waals surface area contributed by atoms with Crippen molar-refractivity contribution < 1.29 is 4.39 Å². The summed E-state index contributed by atoms with van der Waals surface area (Å²) in [6.45, 7) is 0. The van der Waals surface area contributed by atoms with E-state index in [1.165, 1.54) is 17.4 Å². The number of rotatable bonds is 2. The third-order valence-corrected chi connectivity index (χ3v) is 5.19. The minimum atomic E-state index is -0.300. The molecular weight excluding hydrogens is 327 g/mol. The van der Waals surface area contributed by atoms with Crippen LogP contribution in [-0.4, -0.2) is 4.98 Å². The third-order valence-electron chi connectivity index (χ3n) is 3.63. The van der Waals surface area contributed by atoms with Crippen LogP contribution in [0.5, 0.6) is 0 Å². The van der Waals surface area contributed by atoms with Crippen LogP contribution in [0.25, 0.3) is 11.3 Å². The lowest BCUT2D eigenvalue weighted by molar-refractivity contribution is 0.459. The first-order valence-electron chi connectivity index (χ1n) is 6.29. The SMILES string of the molecule is NC1(c2nc(-c3cc(Br)ccc3F)cs2)CCCC1. The summed E-state index contributed by atoms with van der Waals surface area (Å²) < 4.78 is 14.7. The van der Waals surface area contributed by atoms with Crippen molar-refractivity contribution in [2.45, 2.75) is 31.2 Å². The van der Waals surface area contributed by atoms with Crippen LogP contribution in [0, 0.1) is 5.82 Å². The van der Waals surface area contributed by atoms with Gasteiger partial charge in [-0.25, -0.2) is 9.37 Å². The molecule has 0 bridgehead atoms. The van der Waals surface area contributed by atoms with Crippen LogP contribution >= 0.6 is 27.3 Å². The number of hydrogen-bond acceptors (Lipinski definition) is 3. The molecule has 2 aromatic rings. The van der Waals surface area contributed by atoms with E-state index < -0.39 is 0 Å². The number of thiazole rings is 1. The summed E-state index contributed by atoms with van der Waals surface area (Å²) in [6.07, 6.45) is 4.25. The van der Waals surface area contributed by atoms with Gasteiger partial charge in [0.1, 0.15) is 10.8 Å². The molecule has 19 heavy (non-hydrogen) atoms. The van der Waals surface area contributed by atoms with Crippen LogP contribution in [0.2, 0.25) is 0 Å². The van der Waals surface area contributed by atoms with Crippen molar-refractivity contribution in [1.82, 2.24) is 4.98 Å². The molecule has 1 heterocycles. The normalized spacial score (nSPS) is 17.8. The molecule has 1 fully saturated rings. The number of halogens is 2. The zero-order valence-corrected chi connectivity index (χ0v) is 12.7. The summed E-state index contributed by atoms with van der Waals surface area (Å²) in [7, 11) is 0. The van der Waals surface area contributed by atoms with Gasteiger partial charge in [0.05, 0.1) is 11.2 Å². The zero-order chi connectivity index (χ0) is 13.5. The predicted molar refractivity (Wildman–Crippen MR) is 79.5 cm³/mol. The average molecular weight is 341 g/mol. The van der Waals surface area contributed by atoms with Gasteiger partial charge in [-0.3, -0.25) is 0 Å². The van der Waals surface area contributed by atoms with Crippen molar-refractivity contribution in [3.8, 4) is 11.3 Å². The molecule has 1 aliphatic rings. The van der Waals surface area contributed by atoms with Gasteiger partial charge in [0.15, 0.2) is 0 Å². The Morgan fingerprint density at radius 3 is 2.79 bits per heavy atom. The molecule has 0 amide bonds.